The lowest BCUT2D eigenvalue weighted by Crippen LogP contribution is -2.24. The molecular formula is C26H23ClN4O5S. The Labute approximate surface area is 222 Å². The normalized spacial score (nSPS) is 11.0. The largest absolute Gasteiger partial charge is 0.496 e. The van der Waals surface area contributed by atoms with E-state index in [1.165, 1.54) is 32.1 Å². The summed E-state index contributed by atoms with van der Waals surface area (Å²) in [6, 6.07) is 17.3. The van der Waals surface area contributed by atoms with Gasteiger partial charge in [-0.25, -0.2) is 10.4 Å². The van der Waals surface area contributed by atoms with Crippen molar-refractivity contribution in [2.45, 2.75) is 5.16 Å². The fourth-order valence-electron chi connectivity index (χ4n) is 3.52. The molecule has 0 spiro atoms. The van der Waals surface area contributed by atoms with Crippen molar-refractivity contribution < 1.29 is 19.0 Å². The van der Waals surface area contributed by atoms with Crippen LogP contribution in [-0.4, -0.2) is 48.8 Å². The van der Waals surface area contributed by atoms with Gasteiger partial charge in [-0.05, 0) is 42.5 Å². The molecule has 3 aromatic carbocycles. The number of nitrogens with zero attached hydrogens (tertiary/aromatic N) is 3. The van der Waals surface area contributed by atoms with E-state index in [0.29, 0.717) is 49.6 Å². The second kappa shape index (κ2) is 11.8. The Morgan fingerprint density at radius 1 is 1.03 bits per heavy atom. The molecule has 1 aromatic heterocycles. The minimum Gasteiger partial charge on any atom is -0.496 e. The molecule has 0 saturated carbocycles. The Balaban J connectivity index is 1.54. The zero-order valence-electron chi connectivity index (χ0n) is 20.2. The third kappa shape index (κ3) is 5.87. The Hall–Kier alpha value is -4.02. The van der Waals surface area contributed by atoms with Crippen LogP contribution in [0.15, 0.2) is 75.7 Å². The SMILES string of the molecule is COc1cc(OC)c(OC)cc1C=NNC(=O)CSc1nc2ccccc2c(=O)n1-c1ccc(Cl)cc1. The molecule has 0 fully saturated rings. The van der Waals surface area contributed by atoms with Crippen LogP contribution in [0.25, 0.3) is 16.6 Å². The highest BCUT2D eigenvalue weighted by molar-refractivity contribution is 7.99. The molecule has 0 bridgehead atoms. The van der Waals surface area contributed by atoms with E-state index >= 15 is 0 Å². The predicted octanol–water partition coefficient (Wildman–Crippen LogP) is 4.31. The van der Waals surface area contributed by atoms with Crippen molar-refractivity contribution in [1.29, 1.82) is 0 Å². The van der Waals surface area contributed by atoms with E-state index in [4.69, 9.17) is 25.8 Å². The van der Waals surface area contributed by atoms with Crippen LogP contribution in [0.5, 0.6) is 17.2 Å². The summed E-state index contributed by atoms with van der Waals surface area (Å²) in [5, 5.41) is 5.42. The van der Waals surface area contributed by atoms with Crippen LogP contribution in [0.1, 0.15) is 5.56 Å². The first-order valence-electron chi connectivity index (χ1n) is 11.0. The highest BCUT2D eigenvalue weighted by Crippen LogP contribution is 2.33. The summed E-state index contributed by atoms with van der Waals surface area (Å²) in [6.45, 7) is 0. The molecule has 0 radical (unpaired) electrons. The van der Waals surface area contributed by atoms with Crippen LogP contribution in [0, 0.1) is 0 Å². The molecule has 4 rings (SSSR count). The average Bonchev–Trinajstić information content (AvgIpc) is 2.92. The molecule has 11 heteroatoms. The summed E-state index contributed by atoms with van der Waals surface area (Å²) in [4.78, 5) is 30.5. The molecule has 37 heavy (non-hydrogen) atoms. The summed E-state index contributed by atoms with van der Waals surface area (Å²) in [7, 11) is 4.57. The number of hydrogen-bond acceptors (Lipinski definition) is 8. The first kappa shape index (κ1) is 26.1. The molecule has 1 amide bonds. The van der Waals surface area contributed by atoms with E-state index in [0.717, 1.165) is 11.8 Å². The van der Waals surface area contributed by atoms with E-state index in [2.05, 4.69) is 15.5 Å². The smallest absolute Gasteiger partial charge is 0.266 e. The number of fused-ring (bicyclic) bond motifs is 1. The molecule has 9 nitrogen and oxygen atoms in total. The van der Waals surface area contributed by atoms with Crippen LogP contribution >= 0.6 is 23.4 Å². The summed E-state index contributed by atoms with van der Waals surface area (Å²) >= 11 is 7.14. The zero-order chi connectivity index (χ0) is 26.4. The van der Waals surface area contributed by atoms with Crippen molar-refractivity contribution in [3.63, 3.8) is 0 Å². The average molecular weight is 539 g/mol. The second-order valence-electron chi connectivity index (χ2n) is 7.56. The van der Waals surface area contributed by atoms with E-state index in [1.54, 1.807) is 60.7 Å². The van der Waals surface area contributed by atoms with Gasteiger partial charge in [0.05, 0.1) is 49.9 Å². The number of carbonyl (C=O) groups is 1. The number of nitrogens with one attached hydrogen (secondary N) is 1. The maximum Gasteiger partial charge on any atom is 0.266 e. The summed E-state index contributed by atoms with van der Waals surface area (Å²) in [6.07, 6.45) is 1.45. The Morgan fingerprint density at radius 3 is 2.41 bits per heavy atom. The molecule has 0 aliphatic rings. The molecule has 0 saturated heterocycles. The van der Waals surface area contributed by atoms with Crippen molar-refractivity contribution in [3.05, 3.63) is 81.6 Å². The molecule has 4 aromatic rings. The number of thioether (sulfide) groups is 1. The maximum atomic E-state index is 13.3. The lowest BCUT2D eigenvalue weighted by Gasteiger charge is -2.13. The third-order valence-corrected chi connectivity index (χ3v) is 6.48. The van der Waals surface area contributed by atoms with Gasteiger partial charge >= 0.3 is 0 Å². The Kier molecular flexibility index (Phi) is 8.32. The number of hydrogen-bond donors (Lipinski definition) is 1. The number of aromatic nitrogens is 2. The predicted molar refractivity (Wildman–Crippen MR) is 145 cm³/mol. The fraction of sp³-hybridized carbons (Fsp3) is 0.154. The number of hydrazone groups is 1. The molecular weight excluding hydrogens is 516 g/mol. The molecule has 190 valence electrons. The molecule has 1 heterocycles. The van der Waals surface area contributed by atoms with Gasteiger partial charge in [0.1, 0.15) is 5.75 Å². The van der Waals surface area contributed by atoms with Crippen LogP contribution in [-0.2, 0) is 4.79 Å². The van der Waals surface area contributed by atoms with Gasteiger partial charge in [-0.15, -0.1) is 0 Å². The third-order valence-electron chi connectivity index (χ3n) is 5.29. The van der Waals surface area contributed by atoms with E-state index in [9.17, 15) is 9.59 Å². The Morgan fingerprint density at radius 2 is 1.70 bits per heavy atom. The summed E-state index contributed by atoms with van der Waals surface area (Å²) in [5.41, 5.74) is 3.96. The van der Waals surface area contributed by atoms with Crippen molar-refractivity contribution in [1.82, 2.24) is 15.0 Å². The van der Waals surface area contributed by atoms with Gasteiger partial charge in [0.25, 0.3) is 11.5 Å². The number of methoxy groups -OCH3 is 3. The number of benzene rings is 3. The zero-order valence-corrected chi connectivity index (χ0v) is 21.8. The van der Waals surface area contributed by atoms with Gasteiger partial charge in [0.2, 0.25) is 0 Å². The molecule has 0 aliphatic carbocycles. The quantitative estimate of drug-likeness (QED) is 0.146. The second-order valence-corrected chi connectivity index (χ2v) is 8.94. The van der Waals surface area contributed by atoms with Crippen molar-refractivity contribution in [2.75, 3.05) is 27.1 Å². The fourth-order valence-corrected chi connectivity index (χ4v) is 4.45. The highest BCUT2D eigenvalue weighted by atomic mass is 35.5. The number of halogens is 1. The number of carbonyl (C=O) groups excluding carboxylic acids is 1. The first-order chi connectivity index (χ1) is 17.9. The summed E-state index contributed by atoms with van der Waals surface area (Å²) < 4.78 is 17.4. The molecule has 0 unspecified atom stereocenters. The van der Waals surface area contributed by atoms with Crippen LogP contribution < -0.4 is 25.2 Å². The topological polar surface area (TPSA) is 104 Å². The van der Waals surface area contributed by atoms with E-state index in [1.807, 2.05) is 0 Å². The van der Waals surface area contributed by atoms with E-state index < -0.39 is 0 Å². The van der Waals surface area contributed by atoms with Gasteiger partial charge in [-0.2, -0.15) is 5.10 Å². The van der Waals surface area contributed by atoms with Gasteiger partial charge in [-0.1, -0.05) is 35.5 Å². The molecule has 0 atom stereocenters. The van der Waals surface area contributed by atoms with Gasteiger partial charge in [0.15, 0.2) is 16.7 Å². The van der Waals surface area contributed by atoms with Crippen LogP contribution in [0.3, 0.4) is 0 Å². The number of ether oxygens (including phenoxy) is 3. The number of amides is 1. The van der Waals surface area contributed by atoms with Crippen LogP contribution in [0.4, 0.5) is 0 Å². The highest BCUT2D eigenvalue weighted by Gasteiger charge is 2.15. The van der Waals surface area contributed by atoms with Crippen molar-refractivity contribution >= 4 is 46.4 Å². The standard InChI is InChI=1S/C26H23ClN4O5S/c1-34-21-13-23(36-3)22(35-2)12-16(21)14-28-30-24(32)15-37-26-29-20-7-5-4-6-19(20)25(33)31(26)18-10-8-17(27)9-11-18/h4-14H,15H2,1-3H3,(H,30,32). The monoisotopic (exact) mass is 538 g/mol. The van der Waals surface area contributed by atoms with E-state index in [-0.39, 0.29) is 17.2 Å². The van der Waals surface area contributed by atoms with Gasteiger partial charge < -0.3 is 14.2 Å². The maximum absolute atomic E-state index is 13.3. The summed E-state index contributed by atoms with van der Waals surface area (Å²) in [5.74, 6) is 1.09. The van der Waals surface area contributed by atoms with Gasteiger partial charge in [-0.3, -0.25) is 14.2 Å². The molecule has 0 aliphatic heterocycles. The van der Waals surface area contributed by atoms with Crippen molar-refractivity contribution in [2.24, 2.45) is 5.10 Å². The lowest BCUT2D eigenvalue weighted by atomic mass is 10.2. The number of para-hydroxylation sites is 1. The van der Waals surface area contributed by atoms with Gasteiger partial charge in [0, 0.05) is 16.7 Å². The number of rotatable bonds is 9. The molecule has 1 N–H and O–H groups in total. The minimum atomic E-state index is -0.384. The van der Waals surface area contributed by atoms with Crippen LogP contribution in [0.2, 0.25) is 5.02 Å². The minimum absolute atomic E-state index is 0.0290. The Bertz CT molecular complexity index is 1520. The van der Waals surface area contributed by atoms with Crippen molar-refractivity contribution in [3.8, 4) is 22.9 Å². The lowest BCUT2D eigenvalue weighted by molar-refractivity contribution is -0.118. The first-order valence-corrected chi connectivity index (χ1v) is 12.3.